The number of anilines is 1. The van der Waals surface area contributed by atoms with E-state index in [1.165, 1.54) is 11.3 Å². The molecule has 3 aromatic rings. The van der Waals surface area contributed by atoms with Crippen molar-refractivity contribution in [3.63, 3.8) is 0 Å². The van der Waals surface area contributed by atoms with Crippen LogP contribution in [0.4, 0.5) is 13.9 Å². The van der Waals surface area contributed by atoms with Gasteiger partial charge in [0.1, 0.15) is 11.6 Å². The molecule has 5 nitrogen and oxygen atoms in total. The molecule has 0 unspecified atom stereocenters. The lowest BCUT2D eigenvalue weighted by Crippen LogP contribution is -2.49. The number of rotatable bonds is 4. The van der Waals surface area contributed by atoms with Crippen molar-refractivity contribution in [1.82, 2.24) is 9.29 Å². The van der Waals surface area contributed by atoms with Gasteiger partial charge in [0.05, 0.1) is 5.69 Å². The van der Waals surface area contributed by atoms with Gasteiger partial charge in [0.25, 0.3) is 0 Å². The largest absolute Gasteiger partial charge is 0.345 e. The molecule has 11 heteroatoms. The van der Waals surface area contributed by atoms with Crippen LogP contribution in [-0.2, 0) is 10.0 Å². The summed E-state index contributed by atoms with van der Waals surface area (Å²) in [6, 6.07) is 8.17. The van der Waals surface area contributed by atoms with Crippen molar-refractivity contribution in [2.45, 2.75) is 4.90 Å². The normalized spacial score (nSPS) is 15.5. The summed E-state index contributed by atoms with van der Waals surface area (Å²) in [5, 5.41) is 3.60. The van der Waals surface area contributed by atoms with Gasteiger partial charge >= 0.3 is 0 Å². The molecule has 0 aliphatic carbocycles. The number of thiazole rings is 1. The Morgan fingerprint density at radius 2 is 1.57 bits per heavy atom. The lowest BCUT2D eigenvalue weighted by atomic mass is 10.2. The summed E-state index contributed by atoms with van der Waals surface area (Å²) in [5.41, 5.74) is 1.49. The summed E-state index contributed by atoms with van der Waals surface area (Å²) in [6.45, 7) is 0.874. The molecule has 1 aromatic heterocycles. The van der Waals surface area contributed by atoms with Crippen molar-refractivity contribution in [2.75, 3.05) is 31.1 Å². The highest BCUT2D eigenvalue weighted by Crippen LogP contribution is 2.32. The minimum absolute atomic E-state index is 0.0913. The quantitative estimate of drug-likeness (QED) is 0.522. The number of sulfonamides is 1. The standard InChI is InChI=1S/C19H15Cl2F2N3O2S2/c20-13-8-12(9-14(21)10-13)17-11-29-19(24-17)25-4-6-26(7-5-25)30(27,28)18-15(22)2-1-3-16(18)23/h1-3,8-11H,4-7H2. The third-order valence-electron chi connectivity index (χ3n) is 4.68. The van der Waals surface area contributed by atoms with E-state index in [1.807, 2.05) is 10.3 Å². The zero-order chi connectivity index (χ0) is 21.5. The highest BCUT2D eigenvalue weighted by molar-refractivity contribution is 7.89. The molecule has 0 spiro atoms. The third-order valence-corrected chi connectivity index (χ3v) is 7.97. The van der Waals surface area contributed by atoms with Gasteiger partial charge in [-0.2, -0.15) is 4.31 Å². The maximum absolute atomic E-state index is 14.0. The Labute approximate surface area is 186 Å². The van der Waals surface area contributed by atoms with Crippen LogP contribution in [-0.4, -0.2) is 43.9 Å². The second-order valence-electron chi connectivity index (χ2n) is 6.62. The van der Waals surface area contributed by atoms with Gasteiger partial charge in [-0.3, -0.25) is 0 Å². The molecule has 0 radical (unpaired) electrons. The SMILES string of the molecule is O=S(=O)(c1c(F)cccc1F)N1CCN(c2nc(-c3cc(Cl)cc(Cl)c3)cs2)CC1. The highest BCUT2D eigenvalue weighted by atomic mass is 35.5. The summed E-state index contributed by atoms with van der Waals surface area (Å²) in [5.74, 6) is -2.19. The zero-order valence-electron chi connectivity index (χ0n) is 15.4. The Balaban J connectivity index is 1.50. The lowest BCUT2D eigenvalue weighted by molar-refractivity contribution is 0.378. The second-order valence-corrected chi connectivity index (χ2v) is 10.2. The van der Waals surface area contributed by atoms with E-state index < -0.39 is 26.6 Å². The molecule has 1 saturated heterocycles. The van der Waals surface area contributed by atoms with E-state index in [2.05, 4.69) is 4.98 Å². The smallest absolute Gasteiger partial charge is 0.249 e. The summed E-state index contributed by atoms with van der Waals surface area (Å²) in [6.07, 6.45) is 0. The molecule has 1 fully saturated rings. The fourth-order valence-corrected chi connectivity index (χ4v) is 6.17. The number of nitrogens with zero attached hydrogens (tertiary/aromatic N) is 3. The second kappa shape index (κ2) is 8.39. The molecule has 1 aliphatic heterocycles. The zero-order valence-corrected chi connectivity index (χ0v) is 18.5. The molecule has 30 heavy (non-hydrogen) atoms. The third kappa shape index (κ3) is 4.17. The number of halogens is 4. The van der Waals surface area contributed by atoms with Gasteiger partial charge in [-0.1, -0.05) is 29.3 Å². The monoisotopic (exact) mass is 489 g/mol. The van der Waals surface area contributed by atoms with Crippen LogP contribution < -0.4 is 4.90 Å². The molecule has 0 saturated carbocycles. The lowest BCUT2D eigenvalue weighted by Gasteiger charge is -2.33. The van der Waals surface area contributed by atoms with Crippen molar-refractivity contribution >= 4 is 49.7 Å². The summed E-state index contributed by atoms with van der Waals surface area (Å²) in [4.78, 5) is 5.62. The van der Waals surface area contributed by atoms with Crippen LogP contribution in [0.5, 0.6) is 0 Å². The molecule has 0 N–H and O–H groups in total. The van der Waals surface area contributed by atoms with E-state index in [9.17, 15) is 17.2 Å². The molecule has 1 aliphatic rings. The van der Waals surface area contributed by atoms with Crippen molar-refractivity contribution in [3.05, 3.63) is 63.5 Å². The van der Waals surface area contributed by atoms with E-state index in [1.54, 1.807) is 18.2 Å². The Kier molecular flexibility index (Phi) is 6.00. The minimum Gasteiger partial charge on any atom is -0.345 e. The van der Waals surface area contributed by atoms with Crippen molar-refractivity contribution in [3.8, 4) is 11.3 Å². The fourth-order valence-electron chi connectivity index (χ4n) is 3.22. The maximum Gasteiger partial charge on any atom is 0.249 e. The van der Waals surface area contributed by atoms with Crippen molar-refractivity contribution < 1.29 is 17.2 Å². The molecule has 2 aromatic carbocycles. The van der Waals surface area contributed by atoms with E-state index in [0.29, 0.717) is 28.8 Å². The number of piperazine rings is 1. The molecular formula is C19H15Cl2F2N3O2S2. The summed E-state index contributed by atoms with van der Waals surface area (Å²) in [7, 11) is -4.27. The van der Waals surface area contributed by atoms with Crippen LogP contribution in [0.25, 0.3) is 11.3 Å². The van der Waals surface area contributed by atoms with Crippen LogP contribution in [0.2, 0.25) is 10.0 Å². The number of benzene rings is 2. The maximum atomic E-state index is 14.0. The molecule has 0 bridgehead atoms. The van der Waals surface area contributed by atoms with Crippen LogP contribution in [0, 0.1) is 11.6 Å². The van der Waals surface area contributed by atoms with Crippen LogP contribution in [0.3, 0.4) is 0 Å². The van der Waals surface area contributed by atoms with E-state index >= 15 is 0 Å². The predicted molar refractivity (Wildman–Crippen MR) is 115 cm³/mol. The first kappa shape index (κ1) is 21.5. The average molecular weight is 490 g/mol. The van der Waals surface area contributed by atoms with Gasteiger partial charge in [-0.05, 0) is 30.3 Å². The van der Waals surface area contributed by atoms with Gasteiger partial charge in [0.2, 0.25) is 10.0 Å². The summed E-state index contributed by atoms with van der Waals surface area (Å²) >= 11 is 13.5. The van der Waals surface area contributed by atoms with E-state index in [-0.39, 0.29) is 13.1 Å². The number of hydrogen-bond donors (Lipinski definition) is 0. The Bertz CT molecular complexity index is 1160. The molecule has 158 valence electrons. The van der Waals surface area contributed by atoms with Crippen molar-refractivity contribution in [1.29, 1.82) is 0 Å². The summed E-state index contributed by atoms with van der Waals surface area (Å²) < 4.78 is 54.5. The molecule has 2 heterocycles. The van der Waals surface area contributed by atoms with Crippen LogP contribution in [0.15, 0.2) is 46.7 Å². The minimum atomic E-state index is -4.27. The van der Waals surface area contributed by atoms with Crippen LogP contribution in [0.1, 0.15) is 0 Å². The van der Waals surface area contributed by atoms with Gasteiger partial charge in [-0.25, -0.2) is 22.2 Å². The topological polar surface area (TPSA) is 53.5 Å². The predicted octanol–water partition coefficient (Wildman–Crippen LogP) is 4.91. The van der Waals surface area contributed by atoms with Gasteiger partial charge < -0.3 is 4.90 Å². The molecule has 0 amide bonds. The molecule has 0 atom stereocenters. The Morgan fingerprint density at radius 3 is 2.17 bits per heavy atom. The van der Waals surface area contributed by atoms with Gasteiger partial charge in [0, 0.05) is 47.2 Å². The fraction of sp³-hybridized carbons (Fsp3) is 0.211. The molecular weight excluding hydrogens is 475 g/mol. The van der Waals surface area contributed by atoms with Gasteiger partial charge in [0.15, 0.2) is 10.0 Å². The van der Waals surface area contributed by atoms with Crippen molar-refractivity contribution in [2.24, 2.45) is 0 Å². The Hall–Kier alpha value is -1.78. The average Bonchev–Trinajstić information content (AvgIpc) is 3.17. The number of aromatic nitrogens is 1. The first-order valence-electron chi connectivity index (χ1n) is 8.87. The molecule has 4 rings (SSSR count). The van der Waals surface area contributed by atoms with E-state index in [4.69, 9.17) is 23.2 Å². The first-order valence-corrected chi connectivity index (χ1v) is 11.9. The number of hydrogen-bond acceptors (Lipinski definition) is 5. The highest BCUT2D eigenvalue weighted by Gasteiger charge is 2.33. The van der Waals surface area contributed by atoms with Crippen LogP contribution >= 0.6 is 34.5 Å². The Morgan fingerprint density at radius 1 is 0.967 bits per heavy atom. The first-order chi connectivity index (χ1) is 14.3. The van der Waals surface area contributed by atoms with E-state index in [0.717, 1.165) is 33.2 Å². The van der Waals surface area contributed by atoms with Gasteiger partial charge in [-0.15, -0.1) is 11.3 Å².